The molecule has 0 aromatic rings. The van der Waals surface area contributed by atoms with Crippen molar-refractivity contribution < 1.29 is 47.8 Å². The fourth-order valence-corrected chi connectivity index (χ4v) is 5.41. The minimum absolute atomic E-state index is 0.0671. The summed E-state index contributed by atoms with van der Waals surface area (Å²) in [6, 6.07) is 0. The van der Waals surface area contributed by atoms with Crippen molar-refractivity contribution in [3.8, 4) is 0 Å². The average molecular weight is 753 g/mol. The standard InChI is InChI=1S/C41H69O10P/c1-3-5-7-9-11-13-15-17-18-19-21-22-24-26-28-30-32-40(44)48-36-39(37-50-52(46,47)49-35-38(43)34-42)51-41(45)33-31-29-27-25-23-20-16-14-12-10-8-6-4-2/h5,7,11,13,17-18,20-23,27,29,38-39,42-43H,3-4,6,8-10,12,14-16,19,24-26,28,30-37H2,1-2H3,(H,46,47)/b7-5+,13-11+,18-17+,22-21+,23-20+,29-27+/t38-,39?/m0/s1. The molecule has 0 aromatic carbocycles. The molecular formula is C41H69O10P. The fourth-order valence-electron chi connectivity index (χ4n) is 4.62. The van der Waals surface area contributed by atoms with E-state index >= 15 is 0 Å². The number of esters is 2. The minimum atomic E-state index is -4.64. The normalized spacial score (nSPS) is 14.8. The number of unbranched alkanes of at least 4 members (excludes halogenated alkanes) is 9. The first-order valence-corrected chi connectivity index (χ1v) is 20.9. The molecule has 11 heteroatoms. The van der Waals surface area contributed by atoms with Crippen LogP contribution in [0.1, 0.15) is 136 Å². The molecule has 2 unspecified atom stereocenters. The second kappa shape index (κ2) is 36.8. The second-order valence-corrected chi connectivity index (χ2v) is 14.0. The van der Waals surface area contributed by atoms with Gasteiger partial charge < -0.3 is 24.6 Å². The Morgan fingerprint density at radius 2 is 1.10 bits per heavy atom. The highest BCUT2D eigenvalue weighted by Gasteiger charge is 2.27. The Morgan fingerprint density at radius 3 is 1.67 bits per heavy atom. The summed E-state index contributed by atoms with van der Waals surface area (Å²) in [5, 5.41) is 18.3. The minimum Gasteiger partial charge on any atom is -0.462 e. The number of hydrogen-bond donors (Lipinski definition) is 3. The smallest absolute Gasteiger partial charge is 0.462 e. The highest BCUT2D eigenvalue weighted by molar-refractivity contribution is 7.47. The Hall–Kier alpha value is -2.59. The number of aliphatic hydroxyl groups is 2. The van der Waals surface area contributed by atoms with Gasteiger partial charge in [0.15, 0.2) is 6.10 Å². The molecule has 298 valence electrons. The summed E-state index contributed by atoms with van der Waals surface area (Å²) in [6.07, 6.45) is 40.3. The van der Waals surface area contributed by atoms with Crippen molar-refractivity contribution in [2.24, 2.45) is 0 Å². The summed E-state index contributed by atoms with van der Waals surface area (Å²) in [5.74, 6) is -1.05. The molecule has 3 N–H and O–H groups in total. The van der Waals surface area contributed by atoms with Crippen LogP contribution in [0.15, 0.2) is 72.9 Å². The molecule has 0 fully saturated rings. The van der Waals surface area contributed by atoms with Crippen molar-refractivity contribution in [3.05, 3.63) is 72.9 Å². The number of ether oxygens (including phenoxy) is 2. The van der Waals surface area contributed by atoms with Gasteiger partial charge in [0, 0.05) is 12.8 Å². The summed E-state index contributed by atoms with van der Waals surface area (Å²) in [5.41, 5.74) is 0. The second-order valence-electron chi connectivity index (χ2n) is 12.6. The van der Waals surface area contributed by atoms with Gasteiger partial charge in [0.25, 0.3) is 0 Å². The van der Waals surface area contributed by atoms with Gasteiger partial charge in [0.05, 0.1) is 19.8 Å². The molecule has 0 saturated carbocycles. The van der Waals surface area contributed by atoms with E-state index in [1.165, 1.54) is 38.5 Å². The lowest BCUT2D eigenvalue weighted by molar-refractivity contribution is -0.161. The Balaban J connectivity index is 4.51. The summed E-state index contributed by atoms with van der Waals surface area (Å²) in [7, 11) is -4.64. The van der Waals surface area contributed by atoms with Crippen LogP contribution in [-0.4, -0.2) is 65.7 Å². The number of carbonyl (C=O) groups is 2. The van der Waals surface area contributed by atoms with Gasteiger partial charge in [-0.15, -0.1) is 0 Å². The largest absolute Gasteiger partial charge is 0.472 e. The number of aliphatic hydroxyl groups excluding tert-OH is 2. The maximum atomic E-state index is 12.5. The maximum absolute atomic E-state index is 12.5. The first-order valence-electron chi connectivity index (χ1n) is 19.4. The average Bonchev–Trinajstić information content (AvgIpc) is 3.13. The van der Waals surface area contributed by atoms with Crippen molar-refractivity contribution >= 4 is 19.8 Å². The Bertz CT molecular complexity index is 1100. The van der Waals surface area contributed by atoms with Crippen LogP contribution in [0.25, 0.3) is 0 Å². The van der Waals surface area contributed by atoms with Gasteiger partial charge in [-0.25, -0.2) is 4.57 Å². The molecule has 0 bridgehead atoms. The van der Waals surface area contributed by atoms with E-state index < -0.39 is 51.8 Å². The molecule has 0 heterocycles. The predicted octanol–water partition coefficient (Wildman–Crippen LogP) is 9.72. The molecule has 0 aromatic heterocycles. The van der Waals surface area contributed by atoms with Crippen LogP contribution in [-0.2, 0) is 32.7 Å². The third-order valence-electron chi connectivity index (χ3n) is 7.61. The highest BCUT2D eigenvalue weighted by Crippen LogP contribution is 2.43. The van der Waals surface area contributed by atoms with Gasteiger partial charge in [0.1, 0.15) is 12.7 Å². The first kappa shape index (κ1) is 49.4. The van der Waals surface area contributed by atoms with Crippen LogP contribution < -0.4 is 0 Å². The first-order chi connectivity index (χ1) is 25.2. The molecule has 0 radical (unpaired) electrons. The van der Waals surface area contributed by atoms with Crippen LogP contribution in [0.5, 0.6) is 0 Å². The lowest BCUT2D eigenvalue weighted by Gasteiger charge is -2.20. The molecule has 3 atom stereocenters. The van der Waals surface area contributed by atoms with Crippen LogP contribution in [0.2, 0.25) is 0 Å². The summed E-state index contributed by atoms with van der Waals surface area (Å²) < 4.78 is 32.5. The molecule has 0 spiro atoms. The van der Waals surface area contributed by atoms with E-state index in [4.69, 9.17) is 19.1 Å². The number of phosphoric ester groups is 1. The number of rotatable bonds is 35. The van der Waals surface area contributed by atoms with Crippen molar-refractivity contribution in [3.63, 3.8) is 0 Å². The molecule has 10 nitrogen and oxygen atoms in total. The van der Waals surface area contributed by atoms with Crippen LogP contribution in [0.4, 0.5) is 0 Å². The molecule has 0 aliphatic carbocycles. The molecular weight excluding hydrogens is 683 g/mol. The highest BCUT2D eigenvalue weighted by atomic mass is 31.2. The Morgan fingerprint density at radius 1 is 0.596 bits per heavy atom. The van der Waals surface area contributed by atoms with E-state index in [1.54, 1.807) is 0 Å². The van der Waals surface area contributed by atoms with E-state index in [1.807, 2.05) is 12.2 Å². The van der Waals surface area contributed by atoms with E-state index in [0.29, 0.717) is 12.8 Å². The molecule has 0 aliphatic rings. The number of allylic oxidation sites excluding steroid dienone is 12. The summed E-state index contributed by atoms with van der Waals surface area (Å²) >= 11 is 0. The van der Waals surface area contributed by atoms with Crippen molar-refractivity contribution in [1.29, 1.82) is 0 Å². The topological polar surface area (TPSA) is 149 Å². The molecule has 0 rings (SSSR count). The predicted molar refractivity (Wildman–Crippen MR) is 210 cm³/mol. The quantitative estimate of drug-likeness (QED) is 0.0247. The van der Waals surface area contributed by atoms with Crippen molar-refractivity contribution in [1.82, 2.24) is 0 Å². The van der Waals surface area contributed by atoms with E-state index in [-0.39, 0.29) is 19.4 Å². The molecule has 0 amide bonds. The van der Waals surface area contributed by atoms with Crippen LogP contribution in [0.3, 0.4) is 0 Å². The van der Waals surface area contributed by atoms with Gasteiger partial charge in [-0.1, -0.05) is 125 Å². The zero-order valence-corrected chi connectivity index (χ0v) is 32.9. The molecule has 0 aliphatic heterocycles. The maximum Gasteiger partial charge on any atom is 0.472 e. The van der Waals surface area contributed by atoms with Gasteiger partial charge >= 0.3 is 19.8 Å². The zero-order chi connectivity index (χ0) is 38.4. The van der Waals surface area contributed by atoms with Gasteiger partial charge in [0.2, 0.25) is 0 Å². The Labute approximate surface area is 314 Å². The van der Waals surface area contributed by atoms with Crippen LogP contribution >= 0.6 is 7.82 Å². The number of hydrogen-bond acceptors (Lipinski definition) is 9. The fraction of sp³-hybridized carbons (Fsp3) is 0.659. The summed E-state index contributed by atoms with van der Waals surface area (Å²) in [4.78, 5) is 34.8. The van der Waals surface area contributed by atoms with E-state index in [0.717, 1.165) is 57.8 Å². The third-order valence-corrected chi connectivity index (χ3v) is 8.56. The molecule has 52 heavy (non-hydrogen) atoms. The van der Waals surface area contributed by atoms with Crippen molar-refractivity contribution in [2.75, 3.05) is 26.4 Å². The SMILES string of the molecule is CC/C=C/C/C=C/C/C=C/C/C=C/CCCCCC(=O)OCC(COP(=O)(O)OC[C@@H](O)CO)OC(=O)CC/C=C/C/C=C/CCCCCCCC. The lowest BCUT2D eigenvalue weighted by atomic mass is 10.1. The lowest BCUT2D eigenvalue weighted by Crippen LogP contribution is -2.29. The summed E-state index contributed by atoms with van der Waals surface area (Å²) in [6.45, 7) is 2.12. The van der Waals surface area contributed by atoms with Gasteiger partial charge in [-0.2, -0.15) is 0 Å². The molecule has 0 saturated heterocycles. The monoisotopic (exact) mass is 752 g/mol. The van der Waals surface area contributed by atoms with Crippen molar-refractivity contribution in [2.45, 2.75) is 148 Å². The zero-order valence-electron chi connectivity index (χ0n) is 32.0. The van der Waals surface area contributed by atoms with Crippen LogP contribution in [0, 0.1) is 0 Å². The third kappa shape index (κ3) is 35.8. The van der Waals surface area contributed by atoms with Gasteiger partial charge in [-0.3, -0.25) is 18.6 Å². The van der Waals surface area contributed by atoms with Gasteiger partial charge in [-0.05, 0) is 70.6 Å². The number of phosphoric acid groups is 1. The number of carbonyl (C=O) groups excluding carboxylic acids is 2. The van der Waals surface area contributed by atoms with E-state index in [9.17, 15) is 24.2 Å². The van der Waals surface area contributed by atoms with E-state index in [2.05, 4.69) is 79.1 Å². The Kier molecular flexibility index (Phi) is 34.9.